The minimum absolute atomic E-state index is 0.196. The quantitative estimate of drug-likeness (QED) is 0.803. The molecule has 1 aromatic rings. The molecule has 2 heteroatoms. The van der Waals surface area contributed by atoms with Crippen LogP contribution in [0.25, 0.3) is 0 Å². The summed E-state index contributed by atoms with van der Waals surface area (Å²) in [6.07, 6.45) is 6.75. The van der Waals surface area contributed by atoms with Gasteiger partial charge in [-0.2, -0.15) is 5.26 Å². The number of nitriles is 1. The molecule has 0 aromatic heterocycles. The lowest BCUT2D eigenvalue weighted by Crippen LogP contribution is -2.17. The molecule has 94 valence electrons. The molecule has 18 heavy (non-hydrogen) atoms. The number of aryl methyl sites for hydroxylation is 1. The van der Waals surface area contributed by atoms with Gasteiger partial charge in [-0.05, 0) is 43.2 Å². The van der Waals surface area contributed by atoms with Gasteiger partial charge in [0.2, 0.25) is 0 Å². The molecule has 0 radical (unpaired) electrons. The first-order valence-electron chi connectivity index (χ1n) is 6.89. The number of fused-ring (bicyclic) bond motifs is 1. The Morgan fingerprint density at radius 2 is 2.17 bits per heavy atom. The van der Waals surface area contributed by atoms with E-state index in [0.717, 1.165) is 25.9 Å². The summed E-state index contributed by atoms with van der Waals surface area (Å²) in [6, 6.07) is 10.9. The van der Waals surface area contributed by atoms with Crippen molar-refractivity contribution in [2.45, 2.75) is 44.6 Å². The predicted molar refractivity (Wildman–Crippen MR) is 70.0 cm³/mol. The summed E-state index contributed by atoms with van der Waals surface area (Å²) in [6.45, 7) is 0.763. The highest BCUT2D eigenvalue weighted by molar-refractivity contribution is 5.31. The highest BCUT2D eigenvalue weighted by atomic mass is 16.5. The first-order chi connectivity index (χ1) is 8.83. The Morgan fingerprint density at radius 1 is 1.33 bits per heavy atom. The van der Waals surface area contributed by atoms with Gasteiger partial charge in [-0.3, -0.25) is 0 Å². The molecule has 1 atom stereocenters. The maximum atomic E-state index is 8.83. The summed E-state index contributed by atoms with van der Waals surface area (Å²) < 4.78 is 6.14. The van der Waals surface area contributed by atoms with E-state index in [-0.39, 0.29) is 11.5 Å². The third kappa shape index (κ3) is 2.28. The van der Waals surface area contributed by atoms with Gasteiger partial charge in [0.25, 0.3) is 0 Å². The second kappa shape index (κ2) is 4.74. The molecule has 1 fully saturated rings. The van der Waals surface area contributed by atoms with Crippen molar-refractivity contribution in [2.24, 2.45) is 5.41 Å². The van der Waals surface area contributed by atoms with Gasteiger partial charge >= 0.3 is 0 Å². The predicted octanol–water partition coefficient (Wildman–Crippen LogP) is 3.77. The van der Waals surface area contributed by atoms with Crippen LogP contribution in [0.5, 0.6) is 0 Å². The van der Waals surface area contributed by atoms with Crippen LogP contribution in [0.15, 0.2) is 24.3 Å². The summed E-state index contributed by atoms with van der Waals surface area (Å²) in [5.41, 5.74) is 3.01. The fourth-order valence-electron chi connectivity index (χ4n) is 2.88. The van der Waals surface area contributed by atoms with E-state index in [0.29, 0.717) is 6.42 Å². The van der Waals surface area contributed by atoms with Crippen molar-refractivity contribution in [3.63, 3.8) is 0 Å². The SMILES string of the molecule is N#CCC1(COC2CCCc3ccccc32)CC1. The second-order valence-corrected chi connectivity index (χ2v) is 5.73. The van der Waals surface area contributed by atoms with E-state index in [1.165, 1.54) is 24.0 Å². The van der Waals surface area contributed by atoms with Gasteiger partial charge in [0.15, 0.2) is 0 Å². The van der Waals surface area contributed by atoms with Crippen molar-refractivity contribution in [1.82, 2.24) is 0 Å². The third-order valence-electron chi connectivity index (χ3n) is 4.32. The van der Waals surface area contributed by atoms with Crippen molar-refractivity contribution < 1.29 is 4.74 Å². The van der Waals surface area contributed by atoms with Crippen LogP contribution in [0.3, 0.4) is 0 Å². The molecular formula is C16H19NO. The van der Waals surface area contributed by atoms with Gasteiger partial charge in [-0.15, -0.1) is 0 Å². The van der Waals surface area contributed by atoms with Crippen molar-refractivity contribution in [3.05, 3.63) is 35.4 Å². The Balaban J connectivity index is 1.66. The number of nitrogens with zero attached hydrogens (tertiary/aromatic N) is 1. The molecule has 0 amide bonds. The molecule has 1 aromatic carbocycles. The van der Waals surface area contributed by atoms with Crippen LogP contribution in [0, 0.1) is 16.7 Å². The molecule has 0 spiro atoms. The van der Waals surface area contributed by atoms with Crippen molar-refractivity contribution in [2.75, 3.05) is 6.61 Å². The van der Waals surface area contributed by atoms with E-state index in [2.05, 4.69) is 30.3 Å². The number of ether oxygens (including phenoxy) is 1. The highest BCUT2D eigenvalue weighted by Gasteiger charge is 2.43. The lowest BCUT2D eigenvalue weighted by atomic mass is 9.89. The lowest BCUT2D eigenvalue weighted by Gasteiger charge is -2.27. The van der Waals surface area contributed by atoms with Crippen molar-refractivity contribution in [1.29, 1.82) is 5.26 Å². The topological polar surface area (TPSA) is 33.0 Å². The summed E-state index contributed by atoms with van der Waals surface area (Å²) in [5.74, 6) is 0. The molecule has 2 aliphatic carbocycles. The Morgan fingerprint density at radius 3 is 2.94 bits per heavy atom. The maximum Gasteiger partial charge on any atom is 0.0828 e. The Bertz CT molecular complexity index is 470. The Hall–Kier alpha value is -1.33. The zero-order valence-electron chi connectivity index (χ0n) is 10.7. The van der Waals surface area contributed by atoms with E-state index >= 15 is 0 Å². The smallest absolute Gasteiger partial charge is 0.0828 e. The number of rotatable bonds is 4. The molecule has 0 N–H and O–H groups in total. The van der Waals surface area contributed by atoms with Crippen LogP contribution >= 0.6 is 0 Å². The maximum absolute atomic E-state index is 8.83. The van der Waals surface area contributed by atoms with Gasteiger partial charge in [0.1, 0.15) is 0 Å². The highest BCUT2D eigenvalue weighted by Crippen LogP contribution is 2.49. The molecule has 0 aliphatic heterocycles. The monoisotopic (exact) mass is 241 g/mol. The normalized spacial score (nSPS) is 24.1. The van der Waals surface area contributed by atoms with Crippen molar-refractivity contribution >= 4 is 0 Å². The Kier molecular flexibility index (Phi) is 3.09. The summed E-state index contributed by atoms with van der Waals surface area (Å²) in [5, 5.41) is 8.83. The molecule has 0 bridgehead atoms. The molecule has 1 unspecified atom stereocenters. The summed E-state index contributed by atoms with van der Waals surface area (Å²) in [4.78, 5) is 0. The van der Waals surface area contributed by atoms with Crippen LogP contribution in [-0.2, 0) is 11.2 Å². The van der Waals surface area contributed by atoms with Crippen LogP contribution in [-0.4, -0.2) is 6.61 Å². The van der Waals surface area contributed by atoms with Gasteiger partial charge in [-0.25, -0.2) is 0 Å². The average molecular weight is 241 g/mol. The average Bonchev–Trinajstić information content (AvgIpc) is 3.17. The van der Waals surface area contributed by atoms with E-state index in [1.807, 2.05) is 0 Å². The molecule has 3 rings (SSSR count). The zero-order valence-corrected chi connectivity index (χ0v) is 10.7. The molecule has 1 saturated carbocycles. The molecule has 0 saturated heterocycles. The zero-order chi connectivity index (χ0) is 12.4. The van der Waals surface area contributed by atoms with Gasteiger partial charge in [0, 0.05) is 11.8 Å². The van der Waals surface area contributed by atoms with Gasteiger partial charge < -0.3 is 4.74 Å². The van der Waals surface area contributed by atoms with Gasteiger partial charge in [0.05, 0.1) is 18.8 Å². The third-order valence-corrected chi connectivity index (χ3v) is 4.32. The second-order valence-electron chi connectivity index (χ2n) is 5.73. The number of hydrogen-bond donors (Lipinski definition) is 0. The fraction of sp³-hybridized carbons (Fsp3) is 0.562. The standard InChI is InChI=1S/C16H19NO/c17-11-10-16(8-9-16)12-18-15-7-3-5-13-4-1-2-6-14(13)15/h1-2,4,6,15H,3,5,7-10,12H2. The fourth-order valence-corrected chi connectivity index (χ4v) is 2.88. The summed E-state index contributed by atoms with van der Waals surface area (Å²) >= 11 is 0. The van der Waals surface area contributed by atoms with Crippen LogP contribution in [0.1, 0.15) is 49.3 Å². The van der Waals surface area contributed by atoms with Gasteiger partial charge in [-0.1, -0.05) is 24.3 Å². The minimum Gasteiger partial charge on any atom is -0.373 e. The lowest BCUT2D eigenvalue weighted by molar-refractivity contribution is 0.0121. The molecule has 2 aliphatic rings. The summed E-state index contributed by atoms with van der Waals surface area (Å²) in [7, 11) is 0. The van der Waals surface area contributed by atoms with Crippen LogP contribution in [0.4, 0.5) is 0 Å². The molecule has 0 heterocycles. The van der Waals surface area contributed by atoms with Crippen LogP contribution in [0.2, 0.25) is 0 Å². The Labute approximate surface area is 109 Å². The van der Waals surface area contributed by atoms with Crippen LogP contribution < -0.4 is 0 Å². The van der Waals surface area contributed by atoms with E-state index < -0.39 is 0 Å². The minimum atomic E-state index is 0.196. The largest absolute Gasteiger partial charge is 0.373 e. The van der Waals surface area contributed by atoms with Crippen molar-refractivity contribution in [3.8, 4) is 6.07 Å². The number of benzene rings is 1. The van der Waals surface area contributed by atoms with E-state index in [4.69, 9.17) is 10.00 Å². The number of hydrogen-bond acceptors (Lipinski definition) is 2. The first kappa shape index (κ1) is 11.7. The first-order valence-corrected chi connectivity index (χ1v) is 6.89. The molecule has 2 nitrogen and oxygen atoms in total. The van der Waals surface area contributed by atoms with E-state index in [9.17, 15) is 0 Å². The van der Waals surface area contributed by atoms with E-state index in [1.54, 1.807) is 0 Å². The molecular weight excluding hydrogens is 222 g/mol.